The molecule has 2 N–H and O–H groups in total. The summed E-state index contributed by atoms with van der Waals surface area (Å²) < 4.78 is 10.7. The molecule has 0 amide bonds. The van der Waals surface area contributed by atoms with Crippen molar-refractivity contribution < 1.29 is 9.15 Å². The highest BCUT2D eigenvalue weighted by atomic mass is 32.1. The van der Waals surface area contributed by atoms with Crippen molar-refractivity contribution in [2.24, 2.45) is 0 Å². The van der Waals surface area contributed by atoms with Gasteiger partial charge in [-0.3, -0.25) is 4.79 Å². The van der Waals surface area contributed by atoms with E-state index in [0.717, 1.165) is 35.3 Å². The van der Waals surface area contributed by atoms with E-state index in [-0.39, 0.29) is 5.56 Å². The minimum Gasteiger partial charge on any atom is -0.497 e. The van der Waals surface area contributed by atoms with Gasteiger partial charge in [0.2, 0.25) is 0 Å². The lowest BCUT2D eigenvalue weighted by molar-refractivity contribution is 0.234. The highest BCUT2D eigenvalue weighted by molar-refractivity contribution is 7.80. The standard InChI is InChI=1S/C23H27N3O3S/c1-28-19-9-10-21-16(13-19)12-17(22(27)25-21)15-26(18-6-3-2-4-7-18)23(30)24-14-20-8-5-11-29-20/h5,8-13,18H,2-4,6-7,14-15H2,1H3,(H,24,30)(H,25,27). The molecule has 3 aromatic rings. The van der Waals surface area contributed by atoms with Gasteiger partial charge in [-0.25, -0.2) is 0 Å². The number of aromatic nitrogens is 1. The smallest absolute Gasteiger partial charge is 0.253 e. The van der Waals surface area contributed by atoms with E-state index in [1.807, 2.05) is 36.4 Å². The molecule has 0 radical (unpaired) electrons. The summed E-state index contributed by atoms with van der Waals surface area (Å²) >= 11 is 5.75. The number of nitrogens with zero attached hydrogens (tertiary/aromatic N) is 1. The Hall–Kier alpha value is -2.80. The second-order valence-electron chi connectivity index (χ2n) is 7.73. The van der Waals surface area contributed by atoms with Crippen molar-refractivity contribution in [3.63, 3.8) is 0 Å². The molecule has 2 aromatic heterocycles. The number of hydrogen-bond acceptors (Lipinski definition) is 4. The van der Waals surface area contributed by atoms with Gasteiger partial charge in [0, 0.05) is 22.5 Å². The number of methoxy groups -OCH3 is 1. The fourth-order valence-corrected chi connectivity index (χ4v) is 4.38. The summed E-state index contributed by atoms with van der Waals surface area (Å²) in [5, 5.41) is 4.91. The van der Waals surface area contributed by atoms with Crippen LogP contribution in [0.2, 0.25) is 0 Å². The lowest BCUT2D eigenvalue weighted by Gasteiger charge is -2.36. The minimum absolute atomic E-state index is 0.0812. The van der Waals surface area contributed by atoms with Crippen LogP contribution in [0.15, 0.2) is 51.9 Å². The Bertz CT molecular complexity index is 1060. The molecule has 1 fully saturated rings. The van der Waals surface area contributed by atoms with E-state index in [1.54, 1.807) is 13.4 Å². The van der Waals surface area contributed by atoms with Gasteiger partial charge in [-0.1, -0.05) is 19.3 Å². The Labute approximate surface area is 181 Å². The topological polar surface area (TPSA) is 70.5 Å². The molecule has 1 aliphatic rings. The minimum atomic E-state index is -0.0812. The zero-order valence-corrected chi connectivity index (χ0v) is 18.0. The van der Waals surface area contributed by atoms with Crippen LogP contribution in [0.5, 0.6) is 5.75 Å². The quantitative estimate of drug-likeness (QED) is 0.573. The first-order valence-corrected chi connectivity index (χ1v) is 10.8. The van der Waals surface area contributed by atoms with Crippen LogP contribution in [0.3, 0.4) is 0 Å². The van der Waals surface area contributed by atoms with E-state index in [0.29, 0.717) is 29.8 Å². The van der Waals surface area contributed by atoms with Crippen LogP contribution in [-0.4, -0.2) is 28.1 Å². The maximum atomic E-state index is 12.8. The Balaban J connectivity index is 1.59. The molecule has 4 rings (SSSR count). The third-order valence-corrected chi connectivity index (χ3v) is 6.12. The Kier molecular flexibility index (Phi) is 6.38. The van der Waals surface area contributed by atoms with Gasteiger partial charge < -0.3 is 24.4 Å². The number of hydrogen-bond donors (Lipinski definition) is 2. The van der Waals surface area contributed by atoms with Gasteiger partial charge in [0.25, 0.3) is 5.56 Å². The average molecular weight is 426 g/mol. The van der Waals surface area contributed by atoms with Crippen molar-refractivity contribution >= 4 is 28.2 Å². The van der Waals surface area contributed by atoms with Crippen molar-refractivity contribution in [1.82, 2.24) is 15.2 Å². The maximum absolute atomic E-state index is 12.8. The largest absolute Gasteiger partial charge is 0.497 e. The van der Waals surface area contributed by atoms with Gasteiger partial charge >= 0.3 is 0 Å². The fourth-order valence-electron chi connectivity index (χ4n) is 4.09. The molecule has 0 aliphatic heterocycles. The molecule has 1 aliphatic carbocycles. The molecule has 0 saturated heterocycles. The van der Waals surface area contributed by atoms with Crippen LogP contribution in [0.4, 0.5) is 0 Å². The lowest BCUT2D eigenvalue weighted by atomic mass is 9.94. The summed E-state index contributed by atoms with van der Waals surface area (Å²) in [7, 11) is 1.64. The van der Waals surface area contributed by atoms with Crippen molar-refractivity contribution in [3.8, 4) is 5.75 Å². The van der Waals surface area contributed by atoms with Gasteiger partial charge in [-0.2, -0.15) is 0 Å². The molecule has 1 aromatic carbocycles. The molecular weight excluding hydrogens is 398 g/mol. The number of nitrogens with one attached hydrogen (secondary N) is 2. The molecule has 30 heavy (non-hydrogen) atoms. The summed E-state index contributed by atoms with van der Waals surface area (Å²) in [6, 6.07) is 11.7. The number of rotatable bonds is 6. The molecule has 6 nitrogen and oxygen atoms in total. The fraction of sp³-hybridized carbons (Fsp3) is 0.391. The predicted molar refractivity (Wildman–Crippen MR) is 122 cm³/mol. The molecule has 7 heteroatoms. The normalized spacial score (nSPS) is 14.6. The first kappa shape index (κ1) is 20.5. The van der Waals surface area contributed by atoms with Gasteiger partial charge in [-0.15, -0.1) is 0 Å². The molecule has 0 unspecified atom stereocenters. The van der Waals surface area contributed by atoms with Crippen LogP contribution < -0.4 is 15.6 Å². The van der Waals surface area contributed by atoms with Crippen LogP contribution in [0.1, 0.15) is 43.4 Å². The Morgan fingerprint density at radius 3 is 2.83 bits per heavy atom. The van der Waals surface area contributed by atoms with E-state index in [2.05, 4.69) is 15.2 Å². The highest BCUT2D eigenvalue weighted by Gasteiger charge is 2.24. The van der Waals surface area contributed by atoms with E-state index in [4.69, 9.17) is 21.4 Å². The maximum Gasteiger partial charge on any atom is 0.253 e. The Morgan fingerprint density at radius 1 is 1.27 bits per heavy atom. The van der Waals surface area contributed by atoms with Gasteiger partial charge in [0.15, 0.2) is 5.11 Å². The number of fused-ring (bicyclic) bond motifs is 1. The summed E-state index contributed by atoms with van der Waals surface area (Å²) in [5.74, 6) is 1.59. The van der Waals surface area contributed by atoms with Crippen LogP contribution in [-0.2, 0) is 13.1 Å². The summed E-state index contributed by atoms with van der Waals surface area (Å²) in [6.45, 7) is 0.997. The zero-order valence-electron chi connectivity index (χ0n) is 17.1. The summed E-state index contributed by atoms with van der Waals surface area (Å²) in [6.07, 6.45) is 7.46. The first-order valence-electron chi connectivity index (χ1n) is 10.4. The van der Waals surface area contributed by atoms with Gasteiger partial charge in [0.05, 0.1) is 26.5 Å². The summed E-state index contributed by atoms with van der Waals surface area (Å²) in [5.41, 5.74) is 1.41. The molecular formula is C23H27N3O3S. The van der Waals surface area contributed by atoms with Crippen molar-refractivity contribution in [2.75, 3.05) is 7.11 Å². The second-order valence-corrected chi connectivity index (χ2v) is 8.12. The van der Waals surface area contributed by atoms with E-state index >= 15 is 0 Å². The van der Waals surface area contributed by atoms with Gasteiger partial charge in [0.1, 0.15) is 11.5 Å². The first-order chi connectivity index (χ1) is 14.6. The predicted octanol–water partition coefficient (Wildman–Crippen LogP) is 4.34. The van der Waals surface area contributed by atoms with Crippen LogP contribution in [0, 0.1) is 0 Å². The van der Waals surface area contributed by atoms with Crippen LogP contribution >= 0.6 is 12.2 Å². The average Bonchev–Trinajstić information content (AvgIpc) is 3.30. The Morgan fingerprint density at radius 2 is 2.10 bits per heavy atom. The molecule has 1 saturated carbocycles. The van der Waals surface area contributed by atoms with Gasteiger partial charge in [-0.05, 0) is 61.5 Å². The van der Waals surface area contributed by atoms with Crippen LogP contribution in [0.25, 0.3) is 10.9 Å². The number of ether oxygens (including phenoxy) is 1. The van der Waals surface area contributed by atoms with E-state index < -0.39 is 0 Å². The monoisotopic (exact) mass is 425 g/mol. The van der Waals surface area contributed by atoms with Crippen molar-refractivity contribution in [3.05, 3.63) is 64.3 Å². The molecule has 0 atom stereocenters. The zero-order chi connectivity index (χ0) is 20.9. The SMILES string of the molecule is COc1ccc2[nH]c(=O)c(CN(C(=S)NCc3ccco3)C3CCCCC3)cc2c1. The third-order valence-electron chi connectivity index (χ3n) is 5.74. The van der Waals surface area contributed by atoms with E-state index in [9.17, 15) is 4.79 Å². The number of benzene rings is 1. The number of thiocarbonyl (C=S) groups is 1. The number of H-pyrrole nitrogens is 1. The number of pyridine rings is 1. The van der Waals surface area contributed by atoms with E-state index in [1.165, 1.54) is 19.3 Å². The highest BCUT2D eigenvalue weighted by Crippen LogP contribution is 2.25. The second kappa shape index (κ2) is 9.34. The van der Waals surface area contributed by atoms with Crippen molar-refractivity contribution in [1.29, 1.82) is 0 Å². The molecule has 2 heterocycles. The number of furan rings is 1. The number of aromatic amines is 1. The molecule has 0 spiro atoms. The lowest BCUT2D eigenvalue weighted by Crippen LogP contribution is -2.46. The third kappa shape index (κ3) is 4.67. The van der Waals surface area contributed by atoms with Crippen molar-refractivity contribution in [2.45, 2.75) is 51.2 Å². The molecule has 0 bridgehead atoms. The summed E-state index contributed by atoms with van der Waals surface area (Å²) in [4.78, 5) is 18.0. The molecule has 158 valence electrons.